The smallest absolute Gasteiger partial charge is 0.309 e. The van der Waals surface area contributed by atoms with Crippen LogP contribution in [0.3, 0.4) is 0 Å². The monoisotopic (exact) mass is 211 g/mol. The Bertz CT molecular complexity index is 746. The molecule has 2 aromatic heterocycles. The van der Waals surface area contributed by atoms with Crippen LogP contribution in [0.15, 0.2) is 35.3 Å². The second kappa shape index (κ2) is 3.13. The highest BCUT2D eigenvalue weighted by Gasteiger charge is 2.05. The topological polar surface area (TPSA) is 58.6 Å². The molecular weight excluding hydrogens is 202 g/mol. The van der Waals surface area contributed by atoms with Gasteiger partial charge in [-0.25, -0.2) is 4.79 Å². The number of rotatable bonds is 0. The van der Waals surface area contributed by atoms with E-state index in [4.69, 9.17) is 0 Å². The van der Waals surface area contributed by atoms with Gasteiger partial charge in [-0.05, 0) is 13.0 Å². The molecule has 0 unspecified atom stereocenters. The molecule has 0 aliphatic carbocycles. The normalized spacial score (nSPS) is 11.1. The van der Waals surface area contributed by atoms with Crippen LogP contribution >= 0.6 is 0 Å². The van der Waals surface area contributed by atoms with Gasteiger partial charge in [0.1, 0.15) is 5.52 Å². The Morgan fingerprint density at radius 3 is 2.94 bits per heavy atom. The van der Waals surface area contributed by atoms with Crippen molar-refractivity contribution in [3.63, 3.8) is 0 Å². The van der Waals surface area contributed by atoms with Crippen molar-refractivity contribution in [3.8, 4) is 0 Å². The van der Waals surface area contributed by atoms with Crippen molar-refractivity contribution in [2.24, 2.45) is 0 Å². The van der Waals surface area contributed by atoms with E-state index in [0.29, 0.717) is 5.52 Å². The van der Waals surface area contributed by atoms with Crippen molar-refractivity contribution >= 4 is 21.8 Å². The fourth-order valence-electron chi connectivity index (χ4n) is 1.90. The third-order valence-electron chi connectivity index (χ3n) is 2.66. The van der Waals surface area contributed by atoms with E-state index in [2.05, 4.69) is 15.0 Å². The predicted molar refractivity (Wildman–Crippen MR) is 62.4 cm³/mol. The largest absolute Gasteiger partial charge is 0.345 e. The minimum Gasteiger partial charge on any atom is -0.309 e. The highest BCUT2D eigenvalue weighted by Crippen LogP contribution is 2.21. The van der Waals surface area contributed by atoms with Crippen molar-refractivity contribution in [3.05, 3.63) is 46.6 Å². The van der Waals surface area contributed by atoms with Crippen molar-refractivity contribution in [2.75, 3.05) is 0 Å². The molecule has 0 fully saturated rings. The molecule has 78 valence electrons. The Hall–Kier alpha value is -2.23. The van der Waals surface area contributed by atoms with Crippen LogP contribution in [0, 0.1) is 6.92 Å². The second-order valence-corrected chi connectivity index (χ2v) is 3.70. The van der Waals surface area contributed by atoms with Gasteiger partial charge in [0.05, 0.1) is 5.52 Å². The molecule has 1 aromatic carbocycles. The number of nitrogens with one attached hydrogen (secondary N) is 1. The van der Waals surface area contributed by atoms with Gasteiger partial charge >= 0.3 is 5.69 Å². The number of H-pyrrole nitrogens is 1. The van der Waals surface area contributed by atoms with E-state index in [1.54, 1.807) is 6.20 Å². The summed E-state index contributed by atoms with van der Waals surface area (Å²) >= 11 is 0. The quantitative estimate of drug-likeness (QED) is 0.576. The number of benzene rings is 1. The van der Waals surface area contributed by atoms with Crippen LogP contribution in [0.4, 0.5) is 0 Å². The first-order chi connectivity index (χ1) is 7.75. The van der Waals surface area contributed by atoms with Crippen LogP contribution in [0.1, 0.15) is 5.69 Å². The van der Waals surface area contributed by atoms with Gasteiger partial charge in [-0.3, -0.25) is 4.98 Å². The van der Waals surface area contributed by atoms with E-state index >= 15 is 0 Å². The second-order valence-electron chi connectivity index (χ2n) is 3.70. The zero-order valence-corrected chi connectivity index (χ0v) is 8.69. The predicted octanol–water partition coefficient (Wildman–Crippen LogP) is 1.78. The molecular formula is C12H9N3O. The van der Waals surface area contributed by atoms with E-state index in [9.17, 15) is 4.79 Å². The fourth-order valence-corrected chi connectivity index (χ4v) is 1.90. The van der Waals surface area contributed by atoms with Crippen molar-refractivity contribution in [1.82, 2.24) is 15.0 Å². The summed E-state index contributed by atoms with van der Waals surface area (Å²) in [5.74, 6) is 0. The van der Waals surface area contributed by atoms with Crippen molar-refractivity contribution < 1.29 is 0 Å². The molecule has 0 aliphatic rings. The Morgan fingerprint density at radius 1 is 1.19 bits per heavy atom. The zero-order valence-electron chi connectivity index (χ0n) is 8.69. The van der Waals surface area contributed by atoms with Crippen molar-refractivity contribution in [1.29, 1.82) is 0 Å². The Balaban J connectivity index is 2.65. The molecule has 0 saturated carbocycles. The molecule has 0 spiro atoms. The molecule has 2 heterocycles. The van der Waals surface area contributed by atoms with Crippen LogP contribution in [0.25, 0.3) is 21.8 Å². The summed E-state index contributed by atoms with van der Waals surface area (Å²) in [6.45, 7) is 1.86. The summed E-state index contributed by atoms with van der Waals surface area (Å²) < 4.78 is 0. The Labute approximate surface area is 91.0 Å². The van der Waals surface area contributed by atoms with E-state index in [0.717, 1.165) is 22.0 Å². The lowest BCUT2D eigenvalue weighted by Gasteiger charge is -2.03. The minimum absolute atomic E-state index is 0.330. The number of pyridine rings is 1. The van der Waals surface area contributed by atoms with Gasteiger partial charge in [0, 0.05) is 22.7 Å². The Kier molecular flexibility index (Phi) is 1.77. The highest BCUT2D eigenvalue weighted by molar-refractivity contribution is 6.03. The summed E-state index contributed by atoms with van der Waals surface area (Å²) in [7, 11) is 0. The van der Waals surface area contributed by atoms with Crippen LogP contribution in [-0.4, -0.2) is 15.0 Å². The molecule has 3 aromatic rings. The lowest BCUT2D eigenvalue weighted by Crippen LogP contribution is -2.11. The summed E-state index contributed by atoms with van der Waals surface area (Å²) in [5, 5.41) is 1.93. The number of aromatic nitrogens is 3. The average molecular weight is 211 g/mol. The SMILES string of the molecule is Cc1[nH]c(=O)nc2c1ccc1cccnc12. The average Bonchev–Trinajstić information content (AvgIpc) is 2.28. The summed E-state index contributed by atoms with van der Waals surface area (Å²) in [5.41, 5.74) is 1.93. The number of hydrogen-bond donors (Lipinski definition) is 1. The summed E-state index contributed by atoms with van der Waals surface area (Å²) in [6.07, 6.45) is 1.71. The summed E-state index contributed by atoms with van der Waals surface area (Å²) in [4.78, 5) is 22.3. The van der Waals surface area contributed by atoms with Crippen molar-refractivity contribution in [2.45, 2.75) is 6.92 Å². The number of fused-ring (bicyclic) bond motifs is 3. The molecule has 16 heavy (non-hydrogen) atoms. The minimum atomic E-state index is -0.330. The van der Waals surface area contributed by atoms with Gasteiger partial charge in [0.15, 0.2) is 0 Å². The molecule has 3 rings (SSSR count). The molecule has 0 saturated heterocycles. The zero-order chi connectivity index (χ0) is 11.1. The third kappa shape index (κ3) is 1.20. The van der Waals surface area contributed by atoms with Gasteiger partial charge in [0.25, 0.3) is 0 Å². The molecule has 0 amide bonds. The molecule has 0 aliphatic heterocycles. The van der Waals surface area contributed by atoms with Crippen LogP contribution in [0.2, 0.25) is 0 Å². The van der Waals surface area contributed by atoms with E-state index in [-0.39, 0.29) is 5.69 Å². The van der Waals surface area contributed by atoms with Crippen LogP contribution in [-0.2, 0) is 0 Å². The highest BCUT2D eigenvalue weighted by atomic mass is 16.1. The molecule has 4 heteroatoms. The standard InChI is InChI=1S/C12H9N3O/c1-7-9-5-4-8-3-2-6-13-10(8)11(9)15-12(16)14-7/h2-6H,1H3,(H,14,15,16). The lowest BCUT2D eigenvalue weighted by atomic mass is 10.1. The first-order valence-electron chi connectivity index (χ1n) is 5.00. The van der Waals surface area contributed by atoms with Gasteiger partial charge in [-0.2, -0.15) is 4.98 Å². The van der Waals surface area contributed by atoms with Crippen LogP contribution < -0.4 is 5.69 Å². The number of nitrogens with zero attached hydrogens (tertiary/aromatic N) is 2. The van der Waals surface area contributed by atoms with Crippen LogP contribution in [0.5, 0.6) is 0 Å². The number of aromatic amines is 1. The van der Waals surface area contributed by atoms with E-state index < -0.39 is 0 Å². The first-order valence-corrected chi connectivity index (χ1v) is 5.00. The van der Waals surface area contributed by atoms with Gasteiger partial charge in [-0.15, -0.1) is 0 Å². The molecule has 0 radical (unpaired) electrons. The molecule has 4 nitrogen and oxygen atoms in total. The lowest BCUT2D eigenvalue weighted by molar-refractivity contribution is 1.07. The molecule has 0 atom stereocenters. The molecule has 0 bridgehead atoms. The van der Waals surface area contributed by atoms with Gasteiger partial charge < -0.3 is 4.98 Å². The maximum atomic E-state index is 11.4. The first kappa shape index (κ1) is 9.03. The Morgan fingerprint density at radius 2 is 2.06 bits per heavy atom. The fraction of sp³-hybridized carbons (Fsp3) is 0.0833. The maximum absolute atomic E-state index is 11.4. The van der Waals surface area contributed by atoms with E-state index in [1.807, 2.05) is 31.2 Å². The summed E-state index contributed by atoms with van der Waals surface area (Å²) in [6, 6.07) is 7.77. The van der Waals surface area contributed by atoms with Gasteiger partial charge in [-0.1, -0.05) is 18.2 Å². The molecule has 1 N–H and O–H groups in total. The third-order valence-corrected chi connectivity index (χ3v) is 2.66. The number of aryl methyl sites for hydroxylation is 1. The maximum Gasteiger partial charge on any atom is 0.345 e. The van der Waals surface area contributed by atoms with E-state index in [1.165, 1.54) is 0 Å². The van der Waals surface area contributed by atoms with Gasteiger partial charge in [0.2, 0.25) is 0 Å². The number of hydrogen-bond acceptors (Lipinski definition) is 3.